The van der Waals surface area contributed by atoms with Gasteiger partial charge in [0.25, 0.3) is 0 Å². The number of hydrogen-bond donors (Lipinski definition) is 1. The maximum atomic E-state index is 12.1. The molecule has 4 nitrogen and oxygen atoms in total. The van der Waals surface area contributed by atoms with Crippen molar-refractivity contribution in [2.75, 3.05) is 5.32 Å². The van der Waals surface area contributed by atoms with E-state index in [1.165, 1.54) is 0 Å². The van der Waals surface area contributed by atoms with Gasteiger partial charge in [0.15, 0.2) is 0 Å². The van der Waals surface area contributed by atoms with Crippen LogP contribution < -0.4 is 5.32 Å². The second-order valence-electron chi connectivity index (χ2n) is 5.33. The molecule has 18 heavy (non-hydrogen) atoms. The Hall–Kier alpha value is -1.89. The number of hydrogen-bond acceptors (Lipinski definition) is 3. The molecule has 0 aromatic carbocycles. The fraction of sp³-hybridized carbons (Fsp3) is 0.500. The number of pyridine rings is 1. The van der Waals surface area contributed by atoms with E-state index in [4.69, 9.17) is 0 Å². The predicted molar refractivity (Wildman–Crippen MR) is 68.8 cm³/mol. The van der Waals surface area contributed by atoms with Crippen molar-refractivity contribution in [1.29, 1.82) is 5.26 Å². The smallest absolute Gasteiger partial charge is 0.246 e. The van der Waals surface area contributed by atoms with Gasteiger partial charge in [0, 0.05) is 5.69 Å². The molecular formula is C14H17N3O. The summed E-state index contributed by atoms with van der Waals surface area (Å²) in [6.07, 6.45) is 1.28. The van der Waals surface area contributed by atoms with Crippen LogP contribution in [0.2, 0.25) is 0 Å². The summed E-state index contributed by atoms with van der Waals surface area (Å²) in [5.74, 6) is 0.759. The molecule has 0 unspecified atom stereocenters. The van der Waals surface area contributed by atoms with E-state index < -0.39 is 5.41 Å². The largest absolute Gasteiger partial charge is 0.309 e. The first-order valence-corrected chi connectivity index (χ1v) is 6.13. The molecule has 1 N–H and O–H groups in total. The first-order chi connectivity index (χ1) is 8.45. The van der Waals surface area contributed by atoms with Crippen molar-refractivity contribution in [2.24, 2.45) is 11.3 Å². The SMILES string of the molecule is Cc1cc(C)nc(NC(=O)C2(C#N)CC(C)C2)c1. The number of rotatable bonds is 2. The van der Waals surface area contributed by atoms with Crippen molar-refractivity contribution in [3.8, 4) is 6.07 Å². The lowest BCUT2D eigenvalue weighted by Crippen LogP contribution is -2.45. The van der Waals surface area contributed by atoms with Gasteiger partial charge >= 0.3 is 0 Å². The van der Waals surface area contributed by atoms with E-state index in [1.807, 2.05) is 26.0 Å². The van der Waals surface area contributed by atoms with Crippen LogP contribution in [0.1, 0.15) is 31.0 Å². The standard InChI is InChI=1S/C14H17N3O/c1-9-4-11(3)16-12(5-9)17-13(18)14(8-15)6-10(2)7-14/h4-5,10H,6-7H2,1-3H3,(H,16,17,18). The van der Waals surface area contributed by atoms with E-state index >= 15 is 0 Å². The molecule has 94 valence electrons. The summed E-state index contributed by atoms with van der Waals surface area (Å²) in [6.45, 7) is 5.89. The van der Waals surface area contributed by atoms with Gasteiger partial charge in [-0.15, -0.1) is 0 Å². The fourth-order valence-corrected chi connectivity index (χ4v) is 2.60. The Morgan fingerprint density at radius 3 is 2.67 bits per heavy atom. The summed E-state index contributed by atoms with van der Waals surface area (Å²) < 4.78 is 0. The molecule has 2 rings (SSSR count). The molecule has 1 amide bonds. The van der Waals surface area contributed by atoms with Crippen LogP contribution in [0.5, 0.6) is 0 Å². The molecule has 0 atom stereocenters. The fourth-order valence-electron chi connectivity index (χ4n) is 2.60. The molecule has 0 bridgehead atoms. The zero-order chi connectivity index (χ0) is 13.3. The Morgan fingerprint density at radius 2 is 2.17 bits per heavy atom. The van der Waals surface area contributed by atoms with E-state index in [1.54, 1.807) is 0 Å². The van der Waals surface area contributed by atoms with E-state index in [2.05, 4.69) is 23.3 Å². The van der Waals surface area contributed by atoms with Crippen LogP contribution in [0, 0.1) is 36.5 Å². The molecule has 1 aliphatic rings. The zero-order valence-corrected chi connectivity index (χ0v) is 10.9. The van der Waals surface area contributed by atoms with Gasteiger partial charge in [-0.25, -0.2) is 4.98 Å². The van der Waals surface area contributed by atoms with Crippen LogP contribution >= 0.6 is 0 Å². The van der Waals surface area contributed by atoms with Crippen LogP contribution in [-0.2, 0) is 4.79 Å². The topological polar surface area (TPSA) is 65.8 Å². The van der Waals surface area contributed by atoms with Crippen LogP contribution in [0.15, 0.2) is 12.1 Å². The van der Waals surface area contributed by atoms with Crippen molar-refractivity contribution >= 4 is 11.7 Å². The molecule has 0 spiro atoms. The molecular weight excluding hydrogens is 226 g/mol. The summed E-state index contributed by atoms with van der Waals surface area (Å²) in [6, 6.07) is 5.92. The average molecular weight is 243 g/mol. The first-order valence-electron chi connectivity index (χ1n) is 6.13. The van der Waals surface area contributed by atoms with Gasteiger partial charge in [-0.2, -0.15) is 5.26 Å². The number of aryl methyl sites for hydroxylation is 2. The summed E-state index contributed by atoms with van der Waals surface area (Å²) in [5, 5.41) is 11.9. The highest BCUT2D eigenvalue weighted by atomic mass is 16.2. The third kappa shape index (κ3) is 2.21. The molecule has 1 aromatic rings. The van der Waals surface area contributed by atoms with Gasteiger partial charge in [0.05, 0.1) is 6.07 Å². The maximum absolute atomic E-state index is 12.1. The maximum Gasteiger partial charge on any atom is 0.246 e. The van der Waals surface area contributed by atoms with Crippen molar-refractivity contribution < 1.29 is 4.79 Å². The highest BCUT2D eigenvalue weighted by Crippen LogP contribution is 2.45. The van der Waals surface area contributed by atoms with E-state index in [-0.39, 0.29) is 5.91 Å². The van der Waals surface area contributed by atoms with E-state index in [9.17, 15) is 10.1 Å². The van der Waals surface area contributed by atoms with Crippen molar-refractivity contribution in [3.63, 3.8) is 0 Å². The average Bonchev–Trinajstić information content (AvgIpc) is 2.22. The van der Waals surface area contributed by atoms with Gasteiger partial charge in [-0.05, 0) is 50.3 Å². The number of carbonyl (C=O) groups is 1. The Morgan fingerprint density at radius 1 is 1.50 bits per heavy atom. The minimum Gasteiger partial charge on any atom is -0.309 e. The number of aromatic nitrogens is 1. The summed E-state index contributed by atoms with van der Waals surface area (Å²) in [4.78, 5) is 16.4. The Bertz CT molecular complexity index is 504. The van der Waals surface area contributed by atoms with E-state index in [0.717, 1.165) is 11.3 Å². The number of carbonyl (C=O) groups excluding carboxylic acids is 1. The van der Waals surface area contributed by atoms with E-state index in [0.29, 0.717) is 24.6 Å². The number of amides is 1. The number of nitrogens with one attached hydrogen (secondary N) is 1. The third-order valence-electron chi connectivity index (χ3n) is 3.38. The number of anilines is 1. The second kappa shape index (κ2) is 4.41. The molecule has 1 aromatic heterocycles. The predicted octanol–water partition coefficient (Wildman–Crippen LogP) is 2.58. The summed E-state index contributed by atoms with van der Waals surface area (Å²) in [5.41, 5.74) is 1.06. The third-order valence-corrected chi connectivity index (χ3v) is 3.38. The second-order valence-corrected chi connectivity index (χ2v) is 5.33. The Kier molecular flexibility index (Phi) is 3.08. The molecule has 0 saturated heterocycles. The van der Waals surface area contributed by atoms with Gasteiger partial charge in [-0.1, -0.05) is 6.92 Å². The number of nitrogens with zero attached hydrogens (tertiary/aromatic N) is 2. The van der Waals surface area contributed by atoms with Gasteiger partial charge in [-0.3, -0.25) is 4.79 Å². The first kappa shape index (κ1) is 12.6. The highest BCUT2D eigenvalue weighted by Gasteiger charge is 2.49. The highest BCUT2D eigenvalue weighted by molar-refractivity contribution is 5.97. The monoisotopic (exact) mass is 243 g/mol. The molecule has 0 radical (unpaired) electrons. The summed E-state index contributed by atoms with van der Waals surface area (Å²) >= 11 is 0. The van der Waals surface area contributed by atoms with Crippen LogP contribution in [0.25, 0.3) is 0 Å². The summed E-state index contributed by atoms with van der Waals surface area (Å²) in [7, 11) is 0. The quantitative estimate of drug-likeness (QED) is 0.868. The van der Waals surface area contributed by atoms with Gasteiger partial charge < -0.3 is 5.32 Å². The molecule has 1 heterocycles. The normalized spacial score (nSPS) is 26.0. The lowest BCUT2D eigenvalue weighted by molar-refractivity contribution is -0.128. The minimum atomic E-state index is -0.848. The van der Waals surface area contributed by atoms with Crippen LogP contribution in [0.3, 0.4) is 0 Å². The molecule has 4 heteroatoms. The molecule has 1 saturated carbocycles. The van der Waals surface area contributed by atoms with Gasteiger partial charge in [0.1, 0.15) is 11.2 Å². The van der Waals surface area contributed by atoms with Crippen molar-refractivity contribution in [1.82, 2.24) is 4.98 Å². The van der Waals surface area contributed by atoms with Crippen LogP contribution in [-0.4, -0.2) is 10.9 Å². The Labute approximate surface area is 107 Å². The van der Waals surface area contributed by atoms with Crippen molar-refractivity contribution in [2.45, 2.75) is 33.6 Å². The Balaban J connectivity index is 2.14. The molecule has 0 aliphatic heterocycles. The zero-order valence-electron chi connectivity index (χ0n) is 10.9. The van der Waals surface area contributed by atoms with Gasteiger partial charge in [0.2, 0.25) is 5.91 Å². The lowest BCUT2D eigenvalue weighted by atomic mass is 9.63. The number of nitriles is 1. The lowest BCUT2D eigenvalue weighted by Gasteiger charge is -2.39. The minimum absolute atomic E-state index is 0.222. The molecule has 1 aliphatic carbocycles. The molecule has 1 fully saturated rings. The van der Waals surface area contributed by atoms with Crippen molar-refractivity contribution in [3.05, 3.63) is 23.4 Å². The van der Waals surface area contributed by atoms with Crippen LogP contribution in [0.4, 0.5) is 5.82 Å².